The molecule has 7 nitrogen and oxygen atoms in total. The van der Waals surface area contributed by atoms with Gasteiger partial charge < -0.3 is 20.1 Å². The van der Waals surface area contributed by atoms with Crippen LogP contribution in [0.15, 0.2) is 58.4 Å². The van der Waals surface area contributed by atoms with Gasteiger partial charge in [-0.3, -0.25) is 4.99 Å². The Labute approximate surface area is 179 Å². The van der Waals surface area contributed by atoms with Crippen molar-refractivity contribution in [2.75, 3.05) is 39.7 Å². The molecule has 2 rings (SSSR count). The Morgan fingerprint density at radius 2 is 1.83 bits per heavy atom. The van der Waals surface area contributed by atoms with Crippen molar-refractivity contribution >= 4 is 15.8 Å². The Hall–Kier alpha value is -2.58. The summed E-state index contributed by atoms with van der Waals surface area (Å²) in [6.07, 6.45) is 0.480. The number of methoxy groups -OCH3 is 1. The lowest BCUT2D eigenvalue weighted by Crippen LogP contribution is -2.37. The second kappa shape index (κ2) is 12.2. The van der Waals surface area contributed by atoms with Crippen molar-refractivity contribution in [3.05, 3.63) is 59.7 Å². The summed E-state index contributed by atoms with van der Waals surface area (Å²) in [5.74, 6) is 1.50. The average Bonchev–Trinajstić information content (AvgIpc) is 2.75. The summed E-state index contributed by atoms with van der Waals surface area (Å²) in [5, 5.41) is 6.40. The van der Waals surface area contributed by atoms with Gasteiger partial charge in [0.15, 0.2) is 15.8 Å². The van der Waals surface area contributed by atoms with Crippen LogP contribution in [0.2, 0.25) is 0 Å². The van der Waals surface area contributed by atoms with E-state index in [0.29, 0.717) is 43.6 Å². The van der Waals surface area contributed by atoms with Crippen molar-refractivity contribution in [1.82, 2.24) is 10.6 Å². The van der Waals surface area contributed by atoms with Crippen molar-refractivity contribution in [1.29, 1.82) is 0 Å². The summed E-state index contributed by atoms with van der Waals surface area (Å²) in [7, 11) is 0.0553. The summed E-state index contributed by atoms with van der Waals surface area (Å²) in [6, 6.07) is 14.6. The van der Waals surface area contributed by atoms with E-state index in [0.717, 1.165) is 16.9 Å². The number of benzene rings is 2. The van der Waals surface area contributed by atoms with Crippen LogP contribution in [0.1, 0.15) is 17.5 Å². The Bertz CT molecular complexity index is 915. The maximum atomic E-state index is 12.3. The van der Waals surface area contributed by atoms with E-state index in [9.17, 15) is 8.42 Å². The minimum atomic E-state index is -3.27. The Morgan fingerprint density at radius 3 is 2.53 bits per heavy atom. The van der Waals surface area contributed by atoms with Crippen molar-refractivity contribution in [2.45, 2.75) is 24.8 Å². The number of ether oxygens (including phenoxy) is 2. The molecule has 2 aromatic carbocycles. The smallest absolute Gasteiger partial charge is 0.191 e. The molecule has 0 fully saturated rings. The minimum absolute atomic E-state index is 0.0798. The fourth-order valence-electron chi connectivity index (χ4n) is 2.79. The summed E-state index contributed by atoms with van der Waals surface area (Å²) in [4.78, 5) is 4.56. The predicted molar refractivity (Wildman–Crippen MR) is 120 cm³/mol. The van der Waals surface area contributed by atoms with Crippen LogP contribution in [0, 0.1) is 6.92 Å². The molecular weight excluding hydrogens is 402 g/mol. The SMILES string of the molecule is CN=C(NCCCS(=O)(=O)c1ccccc1)NCc1ccc(C)cc1OCCOC. The van der Waals surface area contributed by atoms with Gasteiger partial charge in [0.1, 0.15) is 12.4 Å². The molecule has 0 aliphatic rings. The molecule has 2 N–H and O–H groups in total. The zero-order valence-corrected chi connectivity index (χ0v) is 18.7. The topological polar surface area (TPSA) is 89.0 Å². The van der Waals surface area contributed by atoms with Gasteiger partial charge in [-0.25, -0.2) is 8.42 Å². The van der Waals surface area contributed by atoms with Gasteiger partial charge in [-0.15, -0.1) is 0 Å². The van der Waals surface area contributed by atoms with Crippen molar-refractivity contribution < 1.29 is 17.9 Å². The Morgan fingerprint density at radius 1 is 1.07 bits per heavy atom. The number of aryl methyl sites for hydroxylation is 1. The van der Waals surface area contributed by atoms with Gasteiger partial charge in [0.2, 0.25) is 0 Å². The molecule has 8 heteroatoms. The van der Waals surface area contributed by atoms with Gasteiger partial charge in [-0.05, 0) is 37.1 Å². The highest BCUT2D eigenvalue weighted by molar-refractivity contribution is 7.91. The molecule has 30 heavy (non-hydrogen) atoms. The number of nitrogens with zero attached hydrogens (tertiary/aromatic N) is 1. The summed E-state index contributed by atoms with van der Waals surface area (Å²) in [5.41, 5.74) is 2.12. The highest BCUT2D eigenvalue weighted by Crippen LogP contribution is 2.20. The van der Waals surface area contributed by atoms with Crippen LogP contribution in [0.25, 0.3) is 0 Å². The quantitative estimate of drug-likeness (QED) is 0.322. The number of nitrogens with one attached hydrogen (secondary N) is 2. The molecule has 2 aromatic rings. The van der Waals surface area contributed by atoms with E-state index in [1.54, 1.807) is 44.5 Å². The molecule has 0 bridgehead atoms. The van der Waals surface area contributed by atoms with E-state index in [1.165, 1.54) is 0 Å². The number of sulfone groups is 1. The van der Waals surface area contributed by atoms with E-state index < -0.39 is 9.84 Å². The van der Waals surface area contributed by atoms with Crippen molar-refractivity contribution in [2.24, 2.45) is 4.99 Å². The zero-order chi connectivity index (χ0) is 21.8. The molecule has 164 valence electrons. The third kappa shape index (κ3) is 7.68. The average molecular weight is 434 g/mol. The molecule has 0 saturated carbocycles. The molecule has 0 aromatic heterocycles. The van der Waals surface area contributed by atoms with Gasteiger partial charge in [0.05, 0.1) is 17.3 Å². The monoisotopic (exact) mass is 433 g/mol. The van der Waals surface area contributed by atoms with Crippen LogP contribution < -0.4 is 15.4 Å². The van der Waals surface area contributed by atoms with E-state index in [4.69, 9.17) is 9.47 Å². The lowest BCUT2D eigenvalue weighted by Gasteiger charge is -2.15. The second-order valence-electron chi connectivity index (χ2n) is 6.79. The Balaban J connectivity index is 1.83. The zero-order valence-electron chi connectivity index (χ0n) is 17.8. The van der Waals surface area contributed by atoms with Gasteiger partial charge in [-0.1, -0.05) is 30.3 Å². The van der Waals surface area contributed by atoms with E-state index in [1.807, 2.05) is 25.1 Å². The molecule has 0 spiro atoms. The fraction of sp³-hybridized carbons (Fsp3) is 0.409. The van der Waals surface area contributed by atoms with Gasteiger partial charge in [-0.2, -0.15) is 0 Å². The molecule has 0 saturated heterocycles. The molecule has 0 aliphatic heterocycles. The first-order chi connectivity index (χ1) is 14.5. The van der Waals surface area contributed by atoms with Crippen LogP contribution in [-0.2, 0) is 21.1 Å². The number of guanidine groups is 1. The Kier molecular flexibility index (Phi) is 9.63. The standard InChI is InChI=1S/C22H31N3O4S/c1-18-10-11-19(21(16-18)29-14-13-28-3)17-25-22(23-2)24-12-7-15-30(26,27)20-8-5-4-6-9-20/h4-6,8-11,16H,7,12-15,17H2,1-3H3,(H2,23,24,25). The summed E-state index contributed by atoms with van der Waals surface area (Å²) >= 11 is 0. The summed E-state index contributed by atoms with van der Waals surface area (Å²) in [6.45, 7) is 4.05. The van der Waals surface area contributed by atoms with Crippen LogP contribution in [0.4, 0.5) is 0 Å². The van der Waals surface area contributed by atoms with Crippen LogP contribution in [0.5, 0.6) is 5.75 Å². The van der Waals surface area contributed by atoms with Gasteiger partial charge in [0, 0.05) is 32.8 Å². The molecule has 0 aliphatic carbocycles. The molecule has 0 radical (unpaired) electrons. The van der Waals surface area contributed by atoms with Gasteiger partial charge in [0.25, 0.3) is 0 Å². The largest absolute Gasteiger partial charge is 0.491 e. The first kappa shape index (κ1) is 23.7. The molecule has 0 unspecified atom stereocenters. The lowest BCUT2D eigenvalue weighted by atomic mass is 10.1. The normalized spacial score (nSPS) is 11.9. The van der Waals surface area contributed by atoms with Crippen LogP contribution in [0.3, 0.4) is 0 Å². The summed E-state index contributed by atoms with van der Waals surface area (Å²) < 4.78 is 35.5. The van der Waals surface area contributed by atoms with E-state index >= 15 is 0 Å². The number of aliphatic imine (C=N–C) groups is 1. The molecular formula is C22H31N3O4S. The van der Waals surface area contributed by atoms with E-state index in [2.05, 4.69) is 15.6 Å². The predicted octanol–water partition coefficient (Wildman–Crippen LogP) is 2.55. The highest BCUT2D eigenvalue weighted by Gasteiger charge is 2.13. The number of hydrogen-bond donors (Lipinski definition) is 2. The first-order valence-corrected chi connectivity index (χ1v) is 11.5. The molecule has 0 atom stereocenters. The lowest BCUT2D eigenvalue weighted by molar-refractivity contribution is 0.145. The minimum Gasteiger partial charge on any atom is -0.491 e. The molecule has 0 heterocycles. The van der Waals surface area contributed by atoms with Crippen LogP contribution >= 0.6 is 0 Å². The van der Waals surface area contributed by atoms with E-state index in [-0.39, 0.29) is 5.75 Å². The highest BCUT2D eigenvalue weighted by atomic mass is 32.2. The van der Waals surface area contributed by atoms with Gasteiger partial charge >= 0.3 is 0 Å². The number of hydrogen-bond acceptors (Lipinski definition) is 5. The third-order valence-electron chi connectivity index (χ3n) is 4.42. The third-order valence-corrected chi connectivity index (χ3v) is 6.24. The number of rotatable bonds is 11. The first-order valence-electron chi connectivity index (χ1n) is 9.90. The van der Waals surface area contributed by atoms with Crippen molar-refractivity contribution in [3.8, 4) is 5.75 Å². The maximum Gasteiger partial charge on any atom is 0.191 e. The second-order valence-corrected chi connectivity index (χ2v) is 8.90. The molecule has 0 amide bonds. The maximum absolute atomic E-state index is 12.3. The van der Waals surface area contributed by atoms with Crippen LogP contribution in [-0.4, -0.2) is 54.0 Å². The fourth-order valence-corrected chi connectivity index (χ4v) is 4.12. The van der Waals surface area contributed by atoms with Crippen molar-refractivity contribution in [3.63, 3.8) is 0 Å².